The zero-order chi connectivity index (χ0) is 17.9. The van der Waals surface area contributed by atoms with Crippen molar-refractivity contribution in [1.29, 1.82) is 0 Å². The van der Waals surface area contributed by atoms with Crippen molar-refractivity contribution in [2.45, 2.75) is 30.7 Å². The Morgan fingerprint density at radius 1 is 0.923 bits per heavy atom. The second-order valence-corrected chi connectivity index (χ2v) is 8.85. The number of sulfonamides is 1. The first-order valence-corrected chi connectivity index (χ1v) is 10.2. The van der Waals surface area contributed by atoms with E-state index in [-0.39, 0.29) is 12.4 Å². The Hall–Kier alpha value is -1.40. The second-order valence-electron chi connectivity index (χ2n) is 6.91. The topological polar surface area (TPSA) is 40.6 Å². The van der Waals surface area contributed by atoms with E-state index in [4.69, 9.17) is 0 Å². The number of hydrogen-bond acceptors (Lipinski definition) is 3. The molecule has 0 heterocycles. The third-order valence-electron chi connectivity index (χ3n) is 4.71. The van der Waals surface area contributed by atoms with Crippen molar-refractivity contribution in [1.82, 2.24) is 9.21 Å². The second kappa shape index (κ2) is 9.00. The van der Waals surface area contributed by atoms with E-state index >= 15 is 0 Å². The Balaban J connectivity index is 0.00000243. The van der Waals surface area contributed by atoms with Crippen LogP contribution in [0.2, 0.25) is 0 Å². The van der Waals surface area contributed by atoms with Gasteiger partial charge in [0, 0.05) is 19.6 Å². The number of benzene rings is 2. The molecule has 4 nitrogen and oxygen atoms in total. The Morgan fingerprint density at radius 2 is 1.62 bits per heavy atom. The molecule has 0 fully saturated rings. The highest BCUT2D eigenvalue weighted by Crippen LogP contribution is 2.27. The van der Waals surface area contributed by atoms with Crippen molar-refractivity contribution >= 4 is 22.4 Å². The maximum atomic E-state index is 13.3. The molecule has 0 bridgehead atoms. The fraction of sp³-hybridized carbons (Fsp3) is 0.400. The predicted octanol–water partition coefficient (Wildman–Crippen LogP) is 3.35. The number of halogens is 1. The average molecular weight is 395 g/mol. The van der Waals surface area contributed by atoms with Gasteiger partial charge in [0.1, 0.15) is 0 Å². The van der Waals surface area contributed by atoms with Crippen LogP contribution in [0.4, 0.5) is 0 Å². The standard InChI is InChI=1S/C20H26N2O2S.ClH/c1-21(2)13-14-22(16-17-7-4-3-5-8-17)25(23,24)20-12-11-18-9-6-10-19(18)15-20;/h3-5,7-8,11-12,15H,6,9-10,13-14,16H2,1-2H3;1H. The molecular weight excluding hydrogens is 368 g/mol. The fourth-order valence-electron chi connectivity index (χ4n) is 3.24. The molecule has 0 N–H and O–H groups in total. The summed E-state index contributed by atoms with van der Waals surface area (Å²) in [5, 5.41) is 0. The van der Waals surface area contributed by atoms with Crippen LogP contribution in [0.1, 0.15) is 23.1 Å². The Kier molecular flexibility index (Phi) is 7.24. The summed E-state index contributed by atoms with van der Waals surface area (Å²) < 4.78 is 28.1. The third-order valence-corrected chi connectivity index (χ3v) is 6.55. The highest BCUT2D eigenvalue weighted by atomic mass is 35.5. The molecule has 0 saturated carbocycles. The van der Waals surface area contributed by atoms with Gasteiger partial charge in [-0.3, -0.25) is 0 Å². The molecule has 0 unspecified atom stereocenters. The Bertz CT molecular complexity index is 823. The molecule has 2 aromatic carbocycles. The van der Waals surface area contributed by atoms with E-state index in [1.165, 1.54) is 11.1 Å². The Labute approximate surface area is 163 Å². The average Bonchev–Trinajstić information content (AvgIpc) is 3.07. The summed E-state index contributed by atoms with van der Waals surface area (Å²) in [4.78, 5) is 2.43. The van der Waals surface area contributed by atoms with Crippen LogP contribution in [-0.2, 0) is 29.4 Å². The van der Waals surface area contributed by atoms with Crippen molar-refractivity contribution in [3.8, 4) is 0 Å². The van der Waals surface area contributed by atoms with E-state index < -0.39 is 10.0 Å². The van der Waals surface area contributed by atoms with Gasteiger partial charge in [-0.25, -0.2) is 8.42 Å². The van der Waals surface area contributed by atoms with E-state index in [0.717, 1.165) is 24.8 Å². The van der Waals surface area contributed by atoms with Gasteiger partial charge in [0.15, 0.2) is 0 Å². The zero-order valence-electron chi connectivity index (χ0n) is 15.4. The quantitative estimate of drug-likeness (QED) is 0.723. The van der Waals surface area contributed by atoms with Crippen molar-refractivity contribution in [3.05, 3.63) is 65.2 Å². The zero-order valence-corrected chi connectivity index (χ0v) is 17.0. The molecule has 0 atom stereocenters. The molecule has 0 spiro atoms. The maximum Gasteiger partial charge on any atom is 0.243 e. The van der Waals surface area contributed by atoms with E-state index in [1.54, 1.807) is 10.4 Å². The van der Waals surface area contributed by atoms with Crippen molar-refractivity contribution < 1.29 is 8.42 Å². The smallest absolute Gasteiger partial charge is 0.243 e. The first-order valence-electron chi connectivity index (χ1n) is 8.77. The molecule has 1 aliphatic rings. The first kappa shape index (κ1) is 20.9. The van der Waals surface area contributed by atoms with Gasteiger partial charge in [0.05, 0.1) is 4.90 Å². The number of rotatable bonds is 7. The number of likely N-dealkylation sites (N-methyl/N-ethyl adjacent to an activating group) is 1. The van der Waals surface area contributed by atoms with E-state index in [1.807, 2.05) is 61.5 Å². The van der Waals surface area contributed by atoms with Gasteiger partial charge in [0.25, 0.3) is 0 Å². The number of hydrogen-bond donors (Lipinski definition) is 0. The lowest BCUT2D eigenvalue weighted by Gasteiger charge is -2.24. The molecule has 142 valence electrons. The molecule has 0 amide bonds. The summed E-state index contributed by atoms with van der Waals surface area (Å²) in [5.41, 5.74) is 3.49. The van der Waals surface area contributed by atoms with Crippen LogP contribution >= 0.6 is 12.4 Å². The van der Waals surface area contributed by atoms with Crippen LogP contribution in [0.15, 0.2) is 53.4 Å². The predicted molar refractivity (Wildman–Crippen MR) is 108 cm³/mol. The first-order chi connectivity index (χ1) is 12.0. The van der Waals surface area contributed by atoms with E-state index in [2.05, 4.69) is 0 Å². The molecule has 0 saturated heterocycles. The summed E-state index contributed by atoms with van der Waals surface area (Å²) >= 11 is 0. The van der Waals surface area contributed by atoms with Crippen molar-refractivity contribution in [2.24, 2.45) is 0 Å². The highest BCUT2D eigenvalue weighted by molar-refractivity contribution is 7.89. The summed E-state index contributed by atoms with van der Waals surface area (Å²) in [6, 6.07) is 15.4. The van der Waals surface area contributed by atoms with Crippen LogP contribution < -0.4 is 0 Å². The van der Waals surface area contributed by atoms with Gasteiger partial charge in [-0.15, -0.1) is 12.4 Å². The fourth-order valence-corrected chi connectivity index (χ4v) is 4.71. The van der Waals surface area contributed by atoms with Gasteiger partial charge in [-0.2, -0.15) is 4.31 Å². The summed E-state index contributed by atoms with van der Waals surface area (Å²) in [6.45, 7) is 1.56. The lowest BCUT2D eigenvalue weighted by atomic mass is 10.1. The molecule has 0 aromatic heterocycles. The monoisotopic (exact) mass is 394 g/mol. The molecule has 26 heavy (non-hydrogen) atoms. The van der Waals surface area contributed by atoms with Crippen LogP contribution in [0.25, 0.3) is 0 Å². The number of fused-ring (bicyclic) bond motifs is 1. The lowest BCUT2D eigenvalue weighted by molar-refractivity contribution is 0.329. The minimum atomic E-state index is -3.51. The third kappa shape index (κ3) is 4.86. The molecule has 3 rings (SSSR count). The lowest BCUT2D eigenvalue weighted by Crippen LogP contribution is -2.36. The highest BCUT2D eigenvalue weighted by Gasteiger charge is 2.26. The van der Waals surface area contributed by atoms with Gasteiger partial charge in [-0.1, -0.05) is 36.4 Å². The maximum absolute atomic E-state index is 13.3. The van der Waals surface area contributed by atoms with Crippen molar-refractivity contribution in [3.63, 3.8) is 0 Å². The van der Waals surface area contributed by atoms with Crippen LogP contribution in [0.5, 0.6) is 0 Å². The van der Waals surface area contributed by atoms with Gasteiger partial charge >= 0.3 is 0 Å². The minimum absolute atomic E-state index is 0. The SMILES string of the molecule is CN(C)CCN(Cc1ccccc1)S(=O)(=O)c1ccc2c(c1)CCC2.Cl. The summed E-state index contributed by atoms with van der Waals surface area (Å²) in [5.74, 6) is 0. The normalized spacial score (nSPS) is 13.7. The molecule has 2 aromatic rings. The van der Waals surface area contributed by atoms with E-state index in [9.17, 15) is 8.42 Å². The minimum Gasteiger partial charge on any atom is -0.308 e. The molecular formula is C20H27ClN2O2S. The van der Waals surface area contributed by atoms with Crippen molar-refractivity contribution in [2.75, 3.05) is 27.2 Å². The van der Waals surface area contributed by atoms with Gasteiger partial charge in [-0.05, 0) is 62.2 Å². The largest absolute Gasteiger partial charge is 0.308 e. The van der Waals surface area contributed by atoms with Gasteiger partial charge < -0.3 is 4.90 Å². The Morgan fingerprint density at radius 3 is 2.31 bits per heavy atom. The van der Waals surface area contributed by atoms with Crippen LogP contribution in [0.3, 0.4) is 0 Å². The molecule has 6 heteroatoms. The summed E-state index contributed by atoms with van der Waals surface area (Å²) in [6.07, 6.45) is 3.16. The number of nitrogens with zero attached hydrogens (tertiary/aromatic N) is 2. The number of aryl methyl sites for hydroxylation is 2. The van der Waals surface area contributed by atoms with Crippen LogP contribution in [0, 0.1) is 0 Å². The van der Waals surface area contributed by atoms with Crippen LogP contribution in [-0.4, -0.2) is 44.8 Å². The molecule has 0 radical (unpaired) electrons. The molecule has 0 aliphatic heterocycles. The van der Waals surface area contributed by atoms with Gasteiger partial charge in [0.2, 0.25) is 10.0 Å². The van der Waals surface area contributed by atoms with E-state index in [0.29, 0.717) is 24.5 Å². The molecule has 1 aliphatic carbocycles. The summed E-state index contributed by atoms with van der Waals surface area (Å²) in [7, 11) is 0.412.